The van der Waals surface area contributed by atoms with Crippen LogP contribution in [0, 0.1) is 18.2 Å². The van der Waals surface area contributed by atoms with Crippen molar-refractivity contribution >= 4 is 21.7 Å². The molecule has 2 atom stereocenters. The normalized spacial score (nSPS) is 26.5. The molecule has 0 bridgehead atoms. The van der Waals surface area contributed by atoms with Crippen molar-refractivity contribution in [3.63, 3.8) is 0 Å². The van der Waals surface area contributed by atoms with Crippen molar-refractivity contribution in [1.82, 2.24) is 14.5 Å². The number of nitrogens with zero attached hydrogens (tertiary/aromatic N) is 4. The molecule has 0 aliphatic carbocycles. The lowest BCUT2D eigenvalue weighted by Crippen LogP contribution is -2.56. The van der Waals surface area contributed by atoms with E-state index in [1.807, 2.05) is 46.9 Å². The van der Waals surface area contributed by atoms with Gasteiger partial charge in [-0.2, -0.15) is 0 Å². The Labute approximate surface area is 226 Å². The van der Waals surface area contributed by atoms with Gasteiger partial charge < -0.3 is 24.1 Å². The molecule has 39 heavy (non-hydrogen) atoms. The predicted octanol–water partition coefficient (Wildman–Crippen LogP) is 3.41. The van der Waals surface area contributed by atoms with Gasteiger partial charge in [-0.15, -0.1) is 0 Å². The van der Waals surface area contributed by atoms with Crippen LogP contribution < -0.4 is 4.74 Å². The summed E-state index contributed by atoms with van der Waals surface area (Å²) in [6.07, 6.45) is 6.58. The molecule has 204 valence electrons. The van der Waals surface area contributed by atoms with Crippen LogP contribution in [0.15, 0.2) is 65.7 Å². The van der Waals surface area contributed by atoms with Crippen molar-refractivity contribution in [1.29, 1.82) is 0 Å². The topological polar surface area (TPSA) is 106 Å². The van der Waals surface area contributed by atoms with Crippen molar-refractivity contribution in [2.75, 3.05) is 31.8 Å². The number of benzene rings is 2. The molecule has 0 saturated carbocycles. The average molecular weight is 553 g/mol. The number of amidine groups is 1. The summed E-state index contributed by atoms with van der Waals surface area (Å²) in [7, 11) is -1.61. The average Bonchev–Trinajstić information content (AvgIpc) is 3.60. The van der Waals surface area contributed by atoms with Crippen molar-refractivity contribution < 1.29 is 27.5 Å². The lowest BCUT2D eigenvalue weighted by atomic mass is 9.75. The number of fused-ring (bicyclic) bond motifs is 1. The van der Waals surface area contributed by atoms with Gasteiger partial charge in [0.05, 0.1) is 36.3 Å². The van der Waals surface area contributed by atoms with Gasteiger partial charge in [0.15, 0.2) is 15.7 Å². The van der Waals surface area contributed by atoms with Crippen molar-refractivity contribution in [2.24, 2.45) is 10.6 Å². The van der Waals surface area contributed by atoms with Crippen molar-refractivity contribution in [2.45, 2.75) is 25.5 Å². The van der Waals surface area contributed by atoms with Crippen LogP contribution in [0.1, 0.15) is 29.7 Å². The number of sulfone groups is 1. The number of piperidine rings is 1. The van der Waals surface area contributed by atoms with E-state index in [0.29, 0.717) is 36.5 Å². The standard InChI is InChI=1S/C28H29FN4O5S/c1-19-14-32(18-30-19)24-8-3-20(12-25(24)37-2)11-21-13-27(9-10-39(35,36)17-27)15-33-26(21)31-38-28(33,16-34)22-4-6-23(29)7-5-22/h3-8,11-12,14,18,34H,9-10,13,15-17H2,1-2H3/b21-11+. The lowest BCUT2D eigenvalue weighted by Gasteiger charge is -2.45. The van der Waals surface area contributed by atoms with Crippen molar-refractivity contribution in [3.8, 4) is 11.4 Å². The number of aliphatic hydroxyl groups excluding tert-OH is 1. The molecule has 3 aliphatic heterocycles. The first-order valence-corrected chi connectivity index (χ1v) is 14.5. The van der Waals surface area contributed by atoms with E-state index in [9.17, 15) is 17.9 Å². The molecule has 1 spiro atoms. The molecule has 1 aromatic heterocycles. The second kappa shape index (κ2) is 9.20. The van der Waals surface area contributed by atoms with E-state index >= 15 is 0 Å². The Bertz CT molecular complexity index is 1600. The molecule has 2 fully saturated rings. The number of rotatable bonds is 5. The summed E-state index contributed by atoms with van der Waals surface area (Å²) >= 11 is 0. The number of hydrogen-bond acceptors (Lipinski definition) is 8. The number of methoxy groups -OCH3 is 1. The zero-order valence-corrected chi connectivity index (χ0v) is 22.5. The van der Waals surface area contributed by atoms with Gasteiger partial charge in [-0.25, -0.2) is 17.8 Å². The van der Waals surface area contributed by atoms with E-state index in [0.717, 1.165) is 22.5 Å². The number of ether oxygens (including phenoxy) is 1. The molecule has 11 heteroatoms. The SMILES string of the molecule is COc1cc(/C=C2\CC3(CCS(=O)(=O)C3)CN3C2=NOC3(CO)c2ccc(F)cc2)ccc1-n1cnc(C)c1. The molecule has 2 unspecified atom stereocenters. The van der Waals surface area contributed by atoms with Crippen LogP contribution in [-0.2, 0) is 20.4 Å². The summed E-state index contributed by atoms with van der Waals surface area (Å²) in [6, 6.07) is 11.5. The fourth-order valence-corrected chi connectivity index (χ4v) is 8.09. The second-order valence-electron chi connectivity index (χ2n) is 10.6. The van der Waals surface area contributed by atoms with Crippen LogP contribution in [0.3, 0.4) is 0 Å². The van der Waals surface area contributed by atoms with Gasteiger partial charge in [0.1, 0.15) is 18.2 Å². The van der Waals surface area contributed by atoms with Crippen LogP contribution in [0.4, 0.5) is 4.39 Å². The zero-order valence-electron chi connectivity index (χ0n) is 21.7. The van der Waals surface area contributed by atoms with E-state index in [1.54, 1.807) is 25.6 Å². The molecule has 9 nitrogen and oxygen atoms in total. The quantitative estimate of drug-likeness (QED) is 0.517. The zero-order chi connectivity index (χ0) is 27.4. The highest BCUT2D eigenvalue weighted by molar-refractivity contribution is 7.91. The van der Waals surface area contributed by atoms with Crippen LogP contribution in [0.5, 0.6) is 5.75 Å². The molecule has 1 N–H and O–H groups in total. The van der Waals surface area contributed by atoms with Crippen LogP contribution in [-0.4, -0.2) is 65.6 Å². The molecule has 2 aromatic carbocycles. The Morgan fingerprint density at radius 3 is 2.67 bits per heavy atom. The molecular formula is C28H29FN4O5S. The maximum absolute atomic E-state index is 13.7. The van der Waals surface area contributed by atoms with Gasteiger partial charge in [-0.3, -0.25) is 0 Å². The third-order valence-corrected chi connectivity index (χ3v) is 9.71. The number of aliphatic hydroxyl groups is 1. The summed E-state index contributed by atoms with van der Waals surface area (Å²) in [5.74, 6) is 0.905. The van der Waals surface area contributed by atoms with E-state index in [2.05, 4.69) is 10.1 Å². The maximum atomic E-state index is 13.7. The largest absolute Gasteiger partial charge is 0.495 e. The monoisotopic (exact) mass is 552 g/mol. The lowest BCUT2D eigenvalue weighted by molar-refractivity contribution is -0.144. The summed E-state index contributed by atoms with van der Waals surface area (Å²) in [6.45, 7) is 1.80. The van der Waals surface area contributed by atoms with E-state index in [-0.39, 0.29) is 11.5 Å². The van der Waals surface area contributed by atoms with Gasteiger partial charge in [0.2, 0.25) is 0 Å². The Balaban J connectivity index is 1.43. The molecule has 0 radical (unpaired) electrons. The fraction of sp³-hybridized carbons (Fsp3) is 0.357. The molecule has 6 rings (SSSR count). The molecule has 4 heterocycles. The maximum Gasteiger partial charge on any atom is 0.260 e. The first-order chi connectivity index (χ1) is 18.7. The van der Waals surface area contributed by atoms with E-state index in [1.165, 1.54) is 12.1 Å². The third kappa shape index (κ3) is 4.39. The number of oxime groups is 1. The Morgan fingerprint density at radius 2 is 2.03 bits per heavy atom. The highest BCUT2D eigenvalue weighted by Crippen LogP contribution is 2.49. The molecule has 3 aliphatic rings. The van der Waals surface area contributed by atoms with Crippen LogP contribution in [0.25, 0.3) is 11.8 Å². The van der Waals surface area contributed by atoms with E-state index < -0.39 is 33.4 Å². The number of hydrogen-bond donors (Lipinski definition) is 1. The summed E-state index contributed by atoms with van der Waals surface area (Å²) < 4.78 is 46.6. The minimum Gasteiger partial charge on any atom is -0.495 e. The minimum absolute atomic E-state index is 0.0360. The Kier molecular flexibility index (Phi) is 6.03. The summed E-state index contributed by atoms with van der Waals surface area (Å²) in [5, 5.41) is 15.0. The highest BCUT2D eigenvalue weighted by atomic mass is 32.2. The van der Waals surface area contributed by atoms with Gasteiger partial charge >= 0.3 is 0 Å². The van der Waals surface area contributed by atoms with Gasteiger partial charge in [0.25, 0.3) is 5.72 Å². The first kappa shape index (κ1) is 25.6. The first-order valence-electron chi connectivity index (χ1n) is 12.7. The Hall–Kier alpha value is -3.70. The number of aryl methyl sites for hydroxylation is 1. The Morgan fingerprint density at radius 1 is 1.23 bits per heavy atom. The summed E-state index contributed by atoms with van der Waals surface area (Å²) in [4.78, 5) is 12.1. The third-order valence-electron chi connectivity index (χ3n) is 7.83. The smallest absolute Gasteiger partial charge is 0.260 e. The minimum atomic E-state index is -3.21. The molecule has 3 aromatic rings. The van der Waals surface area contributed by atoms with Crippen LogP contribution in [0.2, 0.25) is 0 Å². The number of halogens is 1. The fourth-order valence-electron chi connectivity index (χ4n) is 5.94. The van der Waals surface area contributed by atoms with Gasteiger partial charge in [-0.1, -0.05) is 11.2 Å². The van der Waals surface area contributed by atoms with Gasteiger partial charge in [0, 0.05) is 23.7 Å². The molecular weight excluding hydrogens is 523 g/mol. The van der Waals surface area contributed by atoms with Crippen molar-refractivity contribution in [3.05, 3.63) is 83.2 Å². The predicted molar refractivity (Wildman–Crippen MR) is 144 cm³/mol. The van der Waals surface area contributed by atoms with Gasteiger partial charge in [-0.05, 0) is 73.4 Å². The summed E-state index contributed by atoms with van der Waals surface area (Å²) in [5.41, 5.74) is 1.93. The molecule has 0 amide bonds. The molecule has 2 saturated heterocycles. The number of aromatic nitrogens is 2. The second-order valence-corrected chi connectivity index (χ2v) is 12.8. The highest BCUT2D eigenvalue weighted by Gasteiger charge is 2.56. The van der Waals surface area contributed by atoms with E-state index in [4.69, 9.17) is 9.57 Å². The van der Waals surface area contributed by atoms with Crippen LogP contribution >= 0.6 is 0 Å². The number of imidazole rings is 1.